The fourth-order valence-corrected chi connectivity index (χ4v) is 2.39. The maximum Gasteiger partial charge on any atom is 0.323 e. The van der Waals surface area contributed by atoms with E-state index in [1.807, 2.05) is 31.2 Å². The van der Waals surface area contributed by atoms with Gasteiger partial charge in [0, 0.05) is 30.5 Å². The number of aryl methyl sites for hydroxylation is 1. The molecule has 24 heavy (non-hydrogen) atoms. The van der Waals surface area contributed by atoms with Gasteiger partial charge in [-0.3, -0.25) is 0 Å². The molecule has 3 rings (SSSR count). The van der Waals surface area contributed by atoms with Crippen molar-refractivity contribution in [2.24, 2.45) is 0 Å². The maximum absolute atomic E-state index is 12.2. The average molecular weight is 325 g/mol. The van der Waals surface area contributed by atoms with Crippen molar-refractivity contribution in [2.45, 2.75) is 20.5 Å². The van der Waals surface area contributed by atoms with Crippen molar-refractivity contribution in [1.29, 1.82) is 0 Å². The lowest BCUT2D eigenvalue weighted by Crippen LogP contribution is -2.20. The van der Waals surface area contributed by atoms with Crippen molar-refractivity contribution in [3.8, 4) is 0 Å². The van der Waals surface area contributed by atoms with E-state index < -0.39 is 0 Å². The van der Waals surface area contributed by atoms with E-state index in [9.17, 15) is 4.79 Å². The summed E-state index contributed by atoms with van der Waals surface area (Å²) in [5, 5.41) is 5.65. The number of ether oxygens (including phenoxy) is 1. The second kappa shape index (κ2) is 7.14. The number of anilines is 2. The Morgan fingerprint density at radius 1 is 1.21 bits per heavy atom. The summed E-state index contributed by atoms with van der Waals surface area (Å²) < 4.78 is 10.8. The number of urea groups is 1. The first kappa shape index (κ1) is 16.0. The molecule has 0 fully saturated rings. The Kier molecular flexibility index (Phi) is 4.77. The van der Waals surface area contributed by atoms with Gasteiger partial charge in [-0.2, -0.15) is 0 Å². The fourth-order valence-electron chi connectivity index (χ4n) is 2.39. The van der Waals surface area contributed by atoms with E-state index in [1.54, 1.807) is 25.1 Å². The summed E-state index contributed by atoms with van der Waals surface area (Å²) in [6.07, 6.45) is 0. The molecule has 0 saturated carbocycles. The Labute approximate surface area is 139 Å². The van der Waals surface area contributed by atoms with Crippen LogP contribution in [0.4, 0.5) is 16.2 Å². The molecule has 0 unspecified atom stereocenters. The zero-order valence-electron chi connectivity index (χ0n) is 13.6. The average Bonchev–Trinajstić information content (AvgIpc) is 2.93. The summed E-state index contributed by atoms with van der Waals surface area (Å²) in [6, 6.07) is 12.6. The van der Waals surface area contributed by atoms with Gasteiger partial charge in [0.05, 0.1) is 6.61 Å². The van der Waals surface area contributed by atoms with Gasteiger partial charge >= 0.3 is 6.03 Å². The normalized spacial score (nSPS) is 10.8. The molecule has 0 aliphatic rings. The molecule has 3 aromatic rings. The molecule has 2 amide bonds. The number of nitrogens with zero attached hydrogens (tertiary/aromatic N) is 1. The molecule has 0 radical (unpaired) electrons. The predicted octanol–water partition coefficient (Wildman–Crippen LogP) is 4.32. The van der Waals surface area contributed by atoms with Crippen LogP contribution in [0, 0.1) is 6.92 Å². The van der Waals surface area contributed by atoms with Gasteiger partial charge in [-0.1, -0.05) is 18.2 Å². The molecule has 124 valence electrons. The van der Waals surface area contributed by atoms with Gasteiger partial charge < -0.3 is 19.8 Å². The Hall–Kier alpha value is -2.86. The van der Waals surface area contributed by atoms with Crippen molar-refractivity contribution in [1.82, 2.24) is 4.98 Å². The lowest BCUT2D eigenvalue weighted by atomic mass is 10.2. The lowest BCUT2D eigenvalue weighted by molar-refractivity contribution is 0.134. The minimum Gasteiger partial charge on any atom is -0.441 e. The summed E-state index contributed by atoms with van der Waals surface area (Å²) in [5.74, 6) is 0.594. The lowest BCUT2D eigenvalue weighted by Gasteiger charge is -2.12. The van der Waals surface area contributed by atoms with E-state index in [2.05, 4.69) is 15.6 Å². The topological polar surface area (TPSA) is 76.4 Å². The zero-order chi connectivity index (χ0) is 16.9. The monoisotopic (exact) mass is 325 g/mol. The Balaban J connectivity index is 1.70. The van der Waals surface area contributed by atoms with Crippen LogP contribution in [0.2, 0.25) is 0 Å². The van der Waals surface area contributed by atoms with Gasteiger partial charge in [-0.15, -0.1) is 0 Å². The number of fused-ring (bicyclic) bond motifs is 1. The third-order valence-corrected chi connectivity index (χ3v) is 3.48. The molecular weight excluding hydrogens is 306 g/mol. The van der Waals surface area contributed by atoms with Crippen molar-refractivity contribution in [3.63, 3.8) is 0 Å². The molecule has 0 spiro atoms. The number of hydrogen-bond acceptors (Lipinski definition) is 4. The van der Waals surface area contributed by atoms with Crippen LogP contribution in [-0.2, 0) is 11.3 Å². The van der Waals surface area contributed by atoms with Crippen LogP contribution in [-0.4, -0.2) is 17.6 Å². The number of benzene rings is 2. The molecule has 0 aliphatic heterocycles. The largest absolute Gasteiger partial charge is 0.441 e. The summed E-state index contributed by atoms with van der Waals surface area (Å²) in [6.45, 7) is 4.80. The highest BCUT2D eigenvalue weighted by molar-refractivity contribution is 6.01. The molecule has 0 aliphatic carbocycles. The molecular formula is C18H19N3O3. The number of carbonyl (C=O) groups is 1. The quantitative estimate of drug-likeness (QED) is 0.732. The van der Waals surface area contributed by atoms with Crippen molar-refractivity contribution >= 4 is 28.5 Å². The van der Waals surface area contributed by atoms with E-state index in [1.165, 1.54) is 0 Å². The van der Waals surface area contributed by atoms with E-state index in [0.29, 0.717) is 35.9 Å². The van der Waals surface area contributed by atoms with Crippen LogP contribution >= 0.6 is 0 Å². The number of aromatic nitrogens is 1. The van der Waals surface area contributed by atoms with Gasteiger partial charge in [0.2, 0.25) is 0 Å². The van der Waals surface area contributed by atoms with Crippen LogP contribution in [0.15, 0.2) is 46.9 Å². The summed E-state index contributed by atoms with van der Waals surface area (Å²) >= 11 is 0. The summed E-state index contributed by atoms with van der Waals surface area (Å²) in [7, 11) is 0. The summed E-state index contributed by atoms with van der Waals surface area (Å²) in [4.78, 5) is 16.5. The molecule has 2 aromatic carbocycles. The molecule has 0 bridgehead atoms. The second-order valence-electron chi connectivity index (χ2n) is 5.29. The molecule has 1 aromatic heterocycles. The van der Waals surface area contributed by atoms with E-state index in [4.69, 9.17) is 9.15 Å². The standard InChI is InChI=1S/C18H19N3O3/c1-3-23-11-13-6-4-5-7-15(13)21-18(22)20-14-8-9-17-16(10-14)19-12(2)24-17/h4-10H,3,11H2,1-2H3,(H2,20,21,22). The molecule has 0 saturated heterocycles. The zero-order valence-corrected chi connectivity index (χ0v) is 13.6. The third-order valence-electron chi connectivity index (χ3n) is 3.48. The van der Waals surface area contributed by atoms with Gasteiger partial charge in [-0.25, -0.2) is 9.78 Å². The number of hydrogen-bond donors (Lipinski definition) is 2. The fraction of sp³-hybridized carbons (Fsp3) is 0.222. The second-order valence-corrected chi connectivity index (χ2v) is 5.29. The Morgan fingerprint density at radius 3 is 2.88 bits per heavy atom. The predicted molar refractivity (Wildman–Crippen MR) is 93.2 cm³/mol. The van der Waals surface area contributed by atoms with E-state index >= 15 is 0 Å². The molecule has 0 atom stereocenters. The summed E-state index contributed by atoms with van der Waals surface area (Å²) in [5.41, 5.74) is 3.71. The first-order valence-corrected chi connectivity index (χ1v) is 7.76. The number of amides is 2. The van der Waals surface area contributed by atoms with E-state index in [-0.39, 0.29) is 6.03 Å². The number of nitrogens with one attached hydrogen (secondary N) is 2. The maximum atomic E-state index is 12.2. The molecule has 6 nitrogen and oxygen atoms in total. The van der Waals surface area contributed by atoms with Gasteiger partial charge in [0.15, 0.2) is 11.5 Å². The Bertz CT molecular complexity index is 858. The number of oxazole rings is 1. The highest BCUT2D eigenvalue weighted by Gasteiger charge is 2.08. The van der Waals surface area contributed by atoms with Crippen LogP contribution in [0.5, 0.6) is 0 Å². The number of para-hydroxylation sites is 1. The smallest absolute Gasteiger partial charge is 0.323 e. The number of carbonyl (C=O) groups excluding carboxylic acids is 1. The molecule has 6 heteroatoms. The molecule has 2 N–H and O–H groups in total. The van der Waals surface area contributed by atoms with Crippen molar-refractivity contribution in [2.75, 3.05) is 17.2 Å². The van der Waals surface area contributed by atoms with Crippen LogP contribution in [0.1, 0.15) is 18.4 Å². The highest BCUT2D eigenvalue weighted by Crippen LogP contribution is 2.20. The van der Waals surface area contributed by atoms with Gasteiger partial charge in [0.1, 0.15) is 5.52 Å². The highest BCUT2D eigenvalue weighted by atomic mass is 16.5. The third kappa shape index (κ3) is 3.72. The first-order chi connectivity index (χ1) is 11.7. The van der Waals surface area contributed by atoms with Crippen molar-refractivity contribution < 1.29 is 13.9 Å². The van der Waals surface area contributed by atoms with Crippen LogP contribution < -0.4 is 10.6 Å². The van der Waals surface area contributed by atoms with E-state index in [0.717, 1.165) is 11.3 Å². The SMILES string of the molecule is CCOCc1ccccc1NC(=O)Nc1ccc2oc(C)nc2c1. The van der Waals surface area contributed by atoms with Gasteiger partial charge in [-0.05, 0) is 31.2 Å². The van der Waals surface area contributed by atoms with Gasteiger partial charge in [0.25, 0.3) is 0 Å². The van der Waals surface area contributed by atoms with Crippen LogP contribution in [0.3, 0.4) is 0 Å². The minimum atomic E-state index is -0.321. The minimum absolute atomic E-state index is 0.321. The molecule has 1 heterocycles. The Morgan fingerprint density at radius 2 is 2.04 bits per heavy atom. The number of rotatable bonds is 5. The first-order valence-electron chi connectivity index (χ1n) is 7.76. The van der Waals surface area contributed by atoms with Crippen molar-refractivity contribution in [3.05, 3.63) is 53.9 Å². The van der Waals surface area contributed by atoms with Crippen LogP contribution in [0.25, 0.3) is 11.1 Å².